The number of pyridine rings is 1. The van der Waals surface area contributed by atoms with Crippen molar-refractivity contribution >= 4 is 11.0 Å². The molecule has 1 unspecified atom stereocenters. The van der Waals surface area contributed by atoms with E-state index in [4.69, 9.17) is 0 Å². The number of hydrogen-bond donors (Lipinski definition) is 1. The van der Waals surface area contributed by atoms with Crippen molar-refractivity contribution in [2.75, 3.05) is 6.61 Å². The number of aliphatic hydroxyl groups is 1. The Morgan fingerprint density at radius 1 is 1.08 bits per heavy atom. The average Bonchev–Trinajstić information content (AvgIpc) is 3.33. The van der Waals surface area contributed by atoms with Crippen molar-refractivity contribution in [2.45, 2.75) is 18.9 Å². The second kappa shape index (κ2) is 5.59. The van der Waals surface area contributed by atoms with Crippen LogP contribution in [-0.4, -0.2) is 26.5 Å². The molecule has 1 aliphatic rings. The highest BCUT2D eigenvalue weighted by Crippen LogP contribution is 2.40. The standard InChI is InChI=1S/C17H14F3N3O/c18-12-3-10(4-13(19)17(12)20)11-5-15-14(21-6-11)7-22-23(15)16(8-24)9-1-2-9/h3-7,9,16,24H,1-2,8H2. The summed E-state index contributed by atoms with van der Waals surface area (Å²) < 4.78 is 41.8. The third-order valence-electron chi connectivity index (χ3n) is 4.43. The molecular weight excluding hydrogens is 319 g/mol. The zero-order chi connectivity index (χ0) is 16.8. The highest BCUT2D eigenvalue weighted by molar-refractivity contribution is 5.80. The maximum Gasteiger partial charge on any atom is 0.194 e. The van der Waals surface area contributed by atoms with E-state index in [9.17, 15) is 18.3 Å². The van der Waals surface area contributed by atoms with Crippen molar-refractivity contribution < 1.29 is 18.3 Å². The van der Waals surface area contributed by atoms with Crippen molar-refractivity contribution in [3.63, 3.8) is 0 Å². The van der Waals surface area contributed by atoms with Gasteiger partial charge in [0.1, 0.15) is 5.52 Å². The molecule has 0 aliphatic heterocycles. The van der Waals surface area contributed by atoms with Gasteiger partial charge in [0.05, 0.1) is 24.4 Å². The molecule has 1 fully saturated rings. The van der Waals surface area contributed by atoms with Gasteiger partial charge in [0.25, 0.3) is 0 Å². The molecule has 1 aliphatic carbocycles. The van der Waals surface area contributed by atoms with Crippen LogP contribution in [0.25, 0.3) is 22.2 Å². The number of benzene rings is 1. The smallest absolute Gasteiger partial charge is 0.194 e. The number of halogens is 3. The maximum absolute atomic E-state index is 13.5. The monoisotopic (exact) mass is 333 g/mol. The van der Waals surface area contributed by atoms with Crippen molar-refractivity contribution in [1.29, 1.82) is 0 Å². The Hall–Kier alpha value is -2.41. The molecule has 0 radical (unpaired) electrons. The summed E-state index contributed by atoms with van der Waals surface area (Å²) in [4.78, 5) is 4.25. The Labute approximate surface area is 135 Å². The number of aliphatic hydroxyl groups excluding tert-OH is 1. The topological polar surface area (TPSA) is 50.9 Å². The molecule has 1 N–H and O–H groups in total. The summed E-state index contributed by atoms with van der Waals surface area (Å²) in [5.74, 6) is -3.61. The number of nitrogens with zero attached hydrogens (tertiary/aromatic N) is 3. The van der Waals surface area contributed by atoms with E-state index in [1.807, 2.05) is 0 Å². The quantitative estimate of drug-likeness (QED) is 0.744. The fraction of sp³-hybridized carbons (Fsp3) is 0.294. The minimum Gasteiger partial charge on any atom is -0.394 e. The van der Waals surface area contributed by atoms with Crippen LogP contribution in [0.5, 0.6) is 0 Å². The molecule has 4 nitrogen and oxygen atoms in total. The summed E-state index contributed by atoms with van der Waals surface area (Å²) in [7, 11) is 0. The Bertz CT molecular complexity index is 898. The van der Waals surface area contributed by atoms with Gasteiger partial charge in [-0.05, 0) is 42.5 Å². The van der Waals surface area contributed by atoms with E-state index in [1.54, 1.807) is 16.9 Å². The number of fused-ring (bicyclic) bond motifs is 1. The highest BCUT2D eigenvalue weighted by Gasteiger charge is 2.33. The van der Waals surface area contributed by atoms with Gasteiger partial charge >= 0.3 is 0 Å². The van der Waals surface area contributed by atoms with Gasteiger partial charge in [-0.25, -0.2) is 13.2 Å². The summed E-state index contributed by atoms with van der Waals surface area (Å²) in [6.07, 6.45) is 5.13. The second-order valence-corrected chi connectivity index (χ2v) is 6.06. The van der Waals surface area contributed by atoms with Gasteiger partial charge in [-0.1, -0.05) is 0 Å². The third-order valence-corrected chi connectivity index (χ3v) is 4.43. The molecule has 4 rings (SSSR count). The van der Waals surface area contributed by atoms with Gasteiger partial charge in [-0.15, -0.1) is 0 Å². The van der Waals surface area contributed by atoms with Gasteiger partial charge in [-0.3, -0.25) is 9.67 Å². The first-order chi connectivity index (χ1) is 11.6. The molecule has 1 atom stereocenters. The Morgan fingerprint density at radius 3 is 2.42 bits per heavy atom. The molecule has 0 spiro atoms. The van der Waals surface area contributed by atoms with E-state index in [0.29, 0.717) is 22.5 Å². The average molecular weight is 333 g/mol. The van der Waals surface area contributed by atoms with Crippen LogP contribution in [0.1, 0.15) is 18.9 Å². The summed E-state index contributed by atoms with van der Waals surface area (Å²) in [6, 6.07) is 3.44. The third kappa shape index (κ3) is 2.45. The predicted octanol–water partition coefficient (Wildman–Crippen LogP) is 3.46. The van der Waals surface area contributed by atoms with Crippen LogP contribution in [-0.2, 0) is 0 Å². The zero-order valence-corrected chi connectivity index (χ0v) is 12.6. The number of rotatable bonds is 4. The van der Waals surface area contributed by atoms with E-state index in [2.05, 4.69) is 10.1 Å². The fourth-order valence-corrected chi connectivity index (χ4v) is 2.98. The van der Waals surface area contributed by atoms with Crippen molar-refractivity contribution in [3.8, 4) is 11.1 Å². The van der Waals surface area contributed by atoms with Crippen LogP contribution in [0.4, 0.5) is 13.2 Å². The summed E-state index contributed by atoms with van der Waals surface area (Å²) in [5.41, 5.74) is 1.94. The lowest BCUT2D eigenvalue weighted by Gasteiger charge is -2.15. The van der Waals surface area contributed by atoms with Gasteiger partial charge in [0.15, 0.2) is 17.5 Å². The Kier molecular flexibility index (Phi) is 3.53. The molecule has 7 heteroatoms. The van der Waals surface area contributed by atoms with Gasteiger partial charge < -0.3 is 5.11 Å². The van der Waals surface area contributed by atoms with Crippen LogP contribution in [0.15, 0.2) is 30.6 Å². The lowest BCUT2D eigenvalue weighted by atomic mass is 10.1. The molecule has 24 heavy (non-hydrogen) atoms. The lowest BCUT2D eigenvalue weighted by Crippen LogP contribution is -2.16. The van der Waals surface area contributed by atoms with E-state index >= 15 is 0 Å². The molecule has 124 valence electrons. The number of hydrogen-bond acceptors (Lipinski definition) is 3. The van der Waals surface area contributed by atoms with Crippen molar-refractivity contribution in [3.05, 3.63) is 48.0 Å². The van der Waals surface area contributed by atoms with Crippen molar-refractivity contribution in [2.24, 2.45) is 5.92 Å². The second-order valence-electron chi connectivity index (χ2n) is 6.06. The van der Waals surface area contributed by atoms with Crippen LogP contribution in [0.2, 0.25) is 0 Å². The maximum atomic E-state index is 13.5. The molecule has 0 amide bonds. The molecule has 3 aromatic rings. The Balaban J connectivity index is 1.83. The fourth-order valence-electron chi connectivity index (χ4n) is 2.98. The van der Waals surface area contributed by atoms with Crippen LogP contribution >= 0.6 is 0 Å². The normalized spacial score (nSPS) is 15.8. The zero-order valence-electron chi connectivity index (χ0n) is 12.6. The van der Waals surface area contributed by atoms with Crippen LogP contribution < -0.4 is 0 Å². The summed E-state index contributed by atoms with van der Waals surface area (Å²) in [6.45, 7) is -0.0362. The Morgan fingerprint density at radius 2 is 1.79 bits per heavy atom. The molecule has 2 aromatic heterocycles. The van der Waals surface area contributed by atoms with Gasteiger partial charge in [-0.2, -0.15) is 5.10 Å². The van der Waals surface area contributed by atoms with Crippen molar-refractivity contribution in [1.82, 2.24) is 14.8 Å². The minimum absolute atomic E-state index is 0.0362. The molecule has 1 aromatic carbocycles. The lowest BCUT2D eigenvalue weighted by molar-refractivity contribution is 0.205. The van der Waals surface area contributed by atoms with Crippen LogP contribution in [0.3, 0.4) is 0 Å². The van der Waals surface area contributed by atoms with E-state index in [-0.39, 0.29) is 18.2 Å². The van der Waals surface area contributed by atoms with Crippen LogP contribution in [0, 0.1) is 23.4 Å². The number of aromatic nitrogens is 3. The van der Waals surface area contributed by atoms with Gasteiger partial charge in [0.2, 0.25) is 0 Å². The predicted molar refractivity (Wildman–Crippen MR) is 81.7 cm³/mol. The summed E-state index contributed by atoms with van der Waals surface area (Å²) >= 11 is 0. The molecular formula is C17H14F3N3O. The van der Waals surface area contributed by atoms with E-state index in [0.717, 1.165) is 25.0 Å². The SMILES string of the molecule is OCC(C1CC1)n1ncc2ncc(-c3cc(F)c(F)c(F)c3)cc21. The molecule has 0 saturated heterocycles. The first-order valence-corrected chi connectivity index (χ1v) is 7.67. The summed E-state index contributed by atoms with van der Waals surface area (Å²) in [5, 5.41) is 13.9. The molecule has 1 saturated carbocycles. The van der Waals surface area contributed by atoms with Gasteiger partial charge in [0, 0.05) is 11.8 Å². The highest BCUT2D eigenvalue weighted by atomic mass is 19.2. The van der Waals surface area contributed by atoms with E-state index in [1.165, 1.54) is 6.20 Å². The molecule has 2 heterocycles. The largest absolute Gasteiger partial charge is 0.394 e. The molecule has 0 bridgehead atoms. The first kappa shape index (κ1) is 15.1. The first-order valence-electron chi connectivity index (χ1n) is 7.67. The van der Waals surface area contributed by atoms with E-state index < -0.39 is 17.5 Å². The minimum atomic E-state index is -1.49.